The van der Waals surface area contributed by atoms with Gasteiger partial charge in [-0.3, -0.25) is 4.98 Å². The largest absolute Gasteiger partial charge is 0.256 e. The molecule has 3 nitrogen and oxygen atoms in total. The highest BCUT2D eigenvalue weighted by Gasteiger charge is 2.18. The van der Waals surface area contributed by atoms with Crippen LogP contribution in [0.25, 0.3) is 20.2 Å². The summed E-state index contributed by atoms with van der Waals surface area (Å²) in [6.07, 6.45) is 5.27. The Kier molecular flexibility index (Phi) is 2.78. The van der Waals surface area contributed by atoms with Crippen LogP contribution in [-0.4, -0.2) is 15.7 Å². The fourth-order valence-electron chi connectivity index (χ4n) is 3.26. The van der Waals surface area contributed by atoms with Gasteiger partial charge in [-0.2, -0.15) is 0 Å². The van der Waals surface area contributed by atoms with Gasteiger partial charge in [0.05, 0.1) is 11.4 Å². The summed E-state index contributed by atoms with van der Waals surface area (Å²) in [6, 6.07) is 15.1. The second kappa shape index (κ2) is 4.96. The molecule has 0 saturated heterocycles. The quantitative estimate of drug-likeness (QED) is 0.500. The summed E-state index contributed by atoms with van der Waals surface area (Å²) in [5.74, 6) is 0.769. The van der Waals surface area contributed by atoms with Gasteiger partial charge < -0.3 is 0 Å². The molecule has 3 heterocycles. The van der Waals surface area contributed by atoms with Gasteiger partial charge in [0.1, 0.15) is 0 Å². The minimum Gasteiger partial charge on any atom is -0.256 e. The van der Waals surface area contributed by atoms with E-state index in [9.17, 15) is 0 Å². The Hall–Kier alpha value is -2.59. The number of rotatable bonds is 1. The van der Waals surface area contributed by atoms with Crippen LogP contribution < -0.4 is 0 Å². The minimum atomic E-state index is 0.769. The van der Waals surface area contributed by atoms with E-state index < -0.39 is 0 Å². The maximum absolute atomic E-state index is 4.80. The molecule has 0 saturated carbocycles. The van der Waals surface area contributed by atoms with Gasteiger partial charge in [0.15, 0.2) is 5.82 Å². The van der Waals surface area contributed by atoms with Gasteiger partial charge in [-0.05, 0) is 25.0 Å². The molecule has 110 valence electrons. The zero-order chi connectivity index (χ0) is 15.2. The Morgan fingerprint density at radius 3 is 2.70 bits per heavy atom. The minimum absolute atomic E-state index is 0.769. The maximum Gasteiger partial charge on any atom is 0.174 e. The maximum atomic E-state index is 4.80. The predicted octanol–water partition coefficient (Wildman–Crippen LogP) is 4.91. The zero-order valence-corrected chi connectivity index (χ0v) is 13.2. The Balaban J connectivity index is 1.80. The molecule has 0 atom stereocenters. The predicted molar refractivity (Wildman–Crippen MR) is 95.9 cm³/mol. The van der Waals surface area contributed by atoms with Crippen LogP contribution >= 0.6 is 11.3 Å². The van der Waals surface area contributed by atoms with Crippen molar-refractivity contribution in [1.82, 2.24) is 9.97 Å². The zero-order valence-electron chi connectivity index (χ0n) is 12.4. The van der Waals surface area contributed by atoms with E-state index in [1.807, 2.05) is 11.3 Å². The third-order valence-corrected chi connectivity index (χ3v) is 5.44. The molecule has 1 aliphatic heterocycles. The van der Waals surface area contributed by atoms with E-state index in [4.69, 9.17) is 4.99 Å². The lowest BCUT2D eigenvalue weighted by Gasteiger charge is -2.14. The molecule has 0 aliphatic carbocycles. The summed E-state index contributed by atoms with van der Waals surface area (Å²) < 4.78 is 2.64. The highest BCUT2D eigenvalue weighted by molar-refractivity contribution is 7.25. The summed E-state index contributed by atoms with van der Waals surface area (Å²) in [5, 5.41) is 2.63. The van der Waals surface area contributed by atoms with E-state index in [0.29, 0.717) is 0 Å². The number of thiophene rings is 1. The van der Waals surface area contributed by atoms with Gasteiger partial charge >= 0.3 is 0 Å². The molecule has 0 bridgehead atoms. The summed E-state index contributed by atoms with van der Waals surface area (Å²) >= 11 is 1.84. The van der Waals surface area contributed by atoms with Gasteiger partial charge in [0.25, 0.3) is 0 Å². The summed E-state index contributed by atoms with van der Waals surface area (Å²) in [7, 11) is 0. The summed E-state index contributed by atoms with van der Waals surface area (Å²) in [4.78, 5) is 13.6. The first-order valence-corrected chi connectivity index (χ1v) is 8.50. The number of nitrogens with zero attached hydrogens (tertiary/aromatic N) is 3. The van der Waals surface area contributed by atoms with Crippen molar-refractivity contribution in [3.05, 3.63) is 66.1 Å². The standard InChI is InChI=1S/C19H13N3S/c1-2-6-16-13(4-1)18-12(5-3-7-17(18)23-16)14-8-9-15-19(22-14)21-11-10-20-15/h1-7,10-11H,8-9H2. The molecule has 0 fully saturated rings. The molecule has 4 aromatic rings. The number of benzene rings is 2. The molecule has 23 heavy (non-hydrogen) atoms. The van der Waals surface area contributed by atoms with E-state index in [1.165, 1.54) is 25.7 Å². The van der Waals surface area contributed by atoms with Crippen molar-refractivity contribution in [2.75, 3.05) is 0 Å². The van der Waals surface area contributed by atoms with Gasteiger partial charge in [-0.15, -0.1) is 11.3 Å². The van der Waals surface area contributed by atoms with Crippen molar-refractivity contribution in [2.45, 2.75) is 12.8 Å². The van der Waals surface area contributed by atoms with Crippen LogP contribution in [-0.2, 0) is 6.42 Å². The number of hydrogen-bond acceptors (Lipinski definition) is 4. The average molecular weight is 315 g/mol. The van der Waals surface area contributed by atoms with E-state index >= 15 is 0 Å². The van der Waals surface area contributed by atoms with E-state index in [0.717, 1.165) is 30.1 Å². The first-order valence-electron chi connectivity index (χ1n) is 7.68. The molecular formula is C19H13N3S. The monoisotopic (exact) mass is 315 g/mol. The van der Waals surface area contributed by atoms with Crippen molar-refractivity contribution >= 4 is 43.0 Å². The molecular weight excluding hydrogens is 302 g/mol. The number of fused-ring (bicyclic) bond motifs is 4. The first-order chi connectivity index (χ1) is 11.4. The third-order valence-electron chi connectivity index (χ3n) is 4.30. The van der Waals surface area contributed by atoms with Crippen LogP contribution in [0.1, 0.15) is 17.7 Å². The van der Waals surface area contributed by atoms with Gasteiger partial charge in [-0.25, -0.2) is 9.98 Å². The van der Waals surface area contributed by atoms with Crippen LogP contribution in [0.3, 0.4) is 0 Å². The molecule has 2 aromatic heterocycles. The van der Waals surface area contributed by atoms with Crippen molar-refractivity contribution in [3.8, 4) is 0 Å². The first kappa shape index (κ1) is 12.9. The fraction of sp³-hybridized carbons (Fsp3) is 0.105. The molecule has 5 rings (SSSR count). The van der Waals surface area contributed by atoms with Gasteiger partial charge in [0.2, 0.25) is 0 Å². The number of aryl methyl sites for hydroxylation is 1. The highest BCUT2D eigenvalue weighted by atomic mass is 32.1. The average Bonchev–Trinajstić information content (AvgIpc) is 3.00. The summed E-state index contributed by atoms with van der Waals surface area (Å²) in [6.45, 7) is 0. The van der Waals surface area contributed by atoms with Gasteiger partial charge in [0, 0.05) is 38.1 Å². The van der Waals surface area contributed by atoms with Crippen LogP contribution in [0.15, 0.2) is 59.9 Å². The van der Waals surface area contributed by atoms with E-state index in [2.05, 4.69) is 52.4 Å². The van der Waals surface area contributed by atoms with E-state index in [-0.39, 0.29) is 0 Å². The van der Waals surface area contributed by atoms with Crippen molar-refractivity contribution in [3.63, 3.8) is 0 Å². The number of hydrogen-bond donors (Lipinski definition) is 0. The lowest BCUT2D eigenvalue weighted by atomic mass is 9.97. The SMILES string of the molecule is c1ccc2c(c1)sc1cccc(C3=Nc4nccnc4CC3)c12. The van der Waals surface area contributed by atoms with Crippen molar-refractivity contribution in [1.29, 1.82) is 0 Å². The lowest BCUT2D eigenvalue weighted by Crippen LogP contribution is -2.09. The molecule has 0 unspecified atom stereocenters. The normalized spacial score (nSPS) is 14.0. The smallest absolute Gasteiger partial charge is 0.174 e. The molecule has 0 N–H and O–H groups in total. The van der Waals surface area contributed by atoms with Crippen LogP contribution in [0.5, 0.6) is 0 Å². The third kappa shape index (κ3) is 1.99. The van der Waals surface area contributed by atoms with E-state index in [1.54, 1.807) is 12.4 Å². The van der Waals surface area contributed by atoms with Gasteiger partial charge in [-0.1, -0.05) is 30.3 Å². The Labute approximate surface area is 137 Å². The van der Waals surface area contributed by atoms with Crippen molar-refractivity contribution in [2.24, 2.45) is 4.99 Å². The highest BCUT2D eigenvalue weighted by Crippen LogP contribution is 2.37. The fourth-order valence-corrected chi connectivity index (χ4v) is 4.39. The second-order valence-corrected chi connectivity index (χ2v) is 6.75. The molecule has 4 heteroatoms. The van der Waals surface area contributed by atoms with Crippen LogP contribution in [0.2, 0.25) is 0 Å². The summed E-state index contributed by atoms with van der Waals surface area (Å²) in [5.41, 5.74) is 3.35. The van der Waals surface area contributed by atoms with Crippen molar-refractivity contribution < 1.29 is 0 Å². The Morgan fingerprint density at radius 2 is 1.70 bits per heavy atom. The lowest BCUT2D eigenvalue weighted by molar-refractivity contribution is 0.919. The molecule has 0 spiro atoms. The second-order valence-electron chi connectivity index (χ2n) is 5.66. The molecule has 0 radical (unpaired) electrons. The molecule has 2 aromatic carbocycles. The molecule has 1 aliphatic rings. The van der Waals surface area contributed by atoms with Crippen LogP contribution in [0.4, 0.5) is 5.82 Å². The number of aliphatic imine (C=N–C) groups is 1. The Bertz CT molecular complexity index is 1080. The topological polar surface area (TPSA) is 38.1 Å². The number of aromatic nitrogens is 2. The Morgan fingerprint density at radius 1 is 0.826 bits per heavy atom. The molecule has 0 amide bonds. The van der Waals surface area contributed by atoms with Crippen LogP contribution in [0, 0.1) is 0 Å².